The molecule has 0 unspecified atom stereocenters. The van der Waals surface area contributed by atoms with Crippen LogP contribution in [-0.2, 0) is 6.18 Å². The number of hydrogen-bond donors (Lipinski definition) is 0. The van der Waals surface area contributed by atoms with E-state index in [1.54, 1.807) is 0 Å². The molecule has 0 aromatic carbocycles. The number of pyridine rings is 1. The van der Waals surface area contributed by atoms with Crippen LogP contribution >= 0.6 is 15.9 Å². The zero-order chi connectivity index (χ0) is 9.35. The summed E-state index contributed by atoms with van der Waals surface area (Å²) in [5, 5.41) is 0. The van der Waals surface area contributed by atoms with E-state index in [0.29, 0.717) is 6.07 Å². The Balaban J connectivity index is 3.18. The minimum absolute atomic E-state index is 0.171. The maximum absolute atomic E-state index is 12.4. The van der Waals surface area contributed by atoms with E-state index in [1.807, 2.05) is 0 Å². The average molecular weight is 244 g/mol. The second-order valence-corrected chi connectivity index (χ2v) is 2.80. The molecule has 0 aliphatic carbocycles. The van der Waals surface area contributed by atoms with Crippen LogP contribution in [0, 0.1) is 5.82 Å². The molecule has 0 spiro atoms. The van der Waals surface area contributed by atoms with Crippen LogP contribution < -0.4 is 0 Å². The molecule has 0 fully saturated rings. The second kappa shape index (κ2) is 3.01. The van der Waals surface area contributed by atoms with Gasteiger partial charge in [-0.05, 0) is 15.9 Å². The summed E-state index contributed by atoms with van der Waals surface area (Å²) in [6.45, 7) is 0. The van der Waals surface area contributed by atoms with Gasteiger partial charge >= 0.3 is 6.18 Å². The molecular weight excluding hydrogens is 242 g/mol. The first kappa shape index (κ1) is 9.44. The molecule has 1 rings (SSSR count). The molecule has 0 bridgehead atoms. The first-order chi connectivity index (χ1) is 5.39. The zero-order valence-electron chi connectivity index (χ0n) is 5.49. The van der Waals surface area contributed by atoms with Crippen LogP contribution in [0.4, 0.5) is 17.6 Å². The quantitative estimate of drug-likeness (QED) is 0.505. The molecule has 0 aliphatic rings. The summed E-state index contributed by atoms with van der Waals surface area (Å²) in [5.41, 5.74) is -1.24. The van der Waals surface area contributed by atoms with E-state index in [-0.39, 0.29) is 4.60 Å². The lowest BCUT2D eigenvalue weighted by Gasteiger charge is -2.04. The van der Waals surface area contributed by atoms with Crippen LogP contribution in [0.5, 0.6) is 0 Å². The molecule has 12 heavy (non-hydrogen) atoms. The Hall–Kier alpha value is -0.650. The highest BCUT2D eigenvalue weighted by molar-refractivity contribution is 9.10. The molecule has 0 saturated heterocycles. The Bertz CT molecular complexity index is 276. The van der Waals surface area contributed by atoms with E-state index in [4.69, 9.17) is 0 Å². The van der Waals surface area contributed by atoms with Crippen molar-refractivity contribution < 1.29 is 17.6 Å². The molecule has 1 heterocycles. The van der Waals surface area contributed by atoms with Crippen molar-refractivity contribution in [3.05, 3.63) is 28.2 Å². The maximum atomic E-state index is 12.4. The molecule has 66 valence electrons. The third-order valence-electron chi connectivity index (χ3n) is 1.05. The molecule has 1 aromatic rings. The second-order valence-electron chi connectivity index (χ2n) is 1.99. The number of aromatic nitrogens is 1. The predicted octanol–water partition coefficient (Wildman–Crippen LogP) is 3.00. The minimum atomic E-state index is -4.61. The molecule has 1 aromatic heterocycles. The monoisotopic (exact) mass is 243 g/mol. The van der Waals surface area contributed by atoms with Crippen molar-refractivity contribution in [2.75, 3.05) is 0 Å². The molecule has 6 heteroatoms. The van der Waals surface area contributed by atoms with Crippen molar-refractivity contribution in [2.45, 2.75) is 6.18 Å². The highest BCUT2D eigenvalue weighted by Gasteiger charge is 2.33. The van der Waals surface area contributed by atoms with Gasteiger partial charge in [0.15, 0.2) is 0 Å². The summed E-state index contributed by atoms with van der Waals surface area (Å²) in [6.07, 6.45) is -4.61. The van der Waals surface area contributed by atoms with Crippen LogP contribution in [0.2, 0.25) is 0 Å². The predicted molar refractivity (Wildman–Crippen MR) is 36.9 cm³/mol. The summed E-state index contributed by atoms with van der Waals surface area (Å²) in [5.74, 6) is -0.968. The first-order valence-corrected chi connectivity index (χ1v) is 3.59. The van der Waals surface area contributed by atoms with E-state index in [9.17, 15) is 17.6 Å². The van der Waals surface area contributed by atoms with Crippen LogP contribution in [0.3, 0.4) is 0 Å². The summed E-state index contributed by atoms with van der Waals surface area (Å²) in [4.78, 5) is 3.06. The highest BCUT2D eigenvalue weighted by atomic mass is 79.9. The molecule has 0 aliphatic heterocycles. The molecular formula is C6H2BrF4N. The SMILES string of the molecule is Fc1cc(Br)nc(C(F)(F)F)c1. The van der Waals surface area contributed by atoms with Crippen LogP contribution in [-0.4, -0.2) is 4.98 Å². The highest BCUT2D eigenvalue weighted by Crippen LogP contribution is 2.28. The Labute approximate surface area is 73.5 Å². The largest absolute Gasteiger partial charge is 0.433 e. The smallest absolute Gasteiger partial charge is 0.236 e. The van der Waals surface area contributed by atoms with Crippen molar-refractivity contribution >= 4 is 15.9 Å². The number of hydrogen-bond acceptors (Lipinski definition) is 1. The van der Waals surface area contributed by atoms with Gasteiger partial charge in [-0.1, -0.05) is 0 Å². The van der Waals surface area contributed by atoms with Gasteiger partial charge in [0.05, 0.1) is 0 Å². The molecule has 0 radical (unpaired) electrons. The lowest BCUT2D eigenvalue weighted by Crippen LogP contribution is -2.08. The van der Waals surface area contributed by atoms with Gasteiger partial charge in [0, 0.05) is 12.1 Å². The molecule has 0 saturated carbocycles. The lowest BCUT2D eigenvalue weighted by atomic mass is 10.3. The van der Waals surface area contributed by atoms with Crippen LogP contribution in [0.25, 0.3) is 0 Å². The van der Waals surface area contributed by atoms with Crippen LogP contribution in [0.1, 0.15) is 5.69 Å². The molecule has 0 N–H and O–H groups in total. The fraction of sp³-hybridized carbons (Fsp3) is 0.167. The normalized spacial score (nSPS) is 11.8. The Morgan fingerprint density at radius 3 is 2.25 bits per heavy atom. The van der Waals surface area contributed by atoms with Crippen molar-refractivity contribution in [1.82, 2.24) is 4.98 Å². The fourth-order valence-electron chi connectivity index (χ4n) is 0.611. The van der Waals surface area contributed by atoms with Gasteiger partial charge in [-0.2, -0.15) is 13.2 Å². The molecule has 0 amide bonds. The topological polar surface area (TPSA) is 12.9 Å². The molecule has 0 atom stereocenters. The summed E-state index contributed by atoms with van der Waals surface area (Å²) < 4.78 is 47.9. The van der Waals surface area contributed by atoms with E-state index < -0.39 is 17.7 Å². The van der Waals surface area contributed by atoms with Gasteiger partial charge in [0.2, 0.25) is 0 Å². The van der Waals surface area contributed by atoms with E-state index in [1.165, 1.54) is 0 Å². The van der Waals surface area contributed by atoms with Gasteiger partial charge < -0.3 is 0 Å². The maximum Gasteiger partial charge on any atom is 0.433 e. The van der Waals surface area contributed by atoms with Gasteiger partial charge in [-0.3, -0.25) is 0 Å². The number of alkyl halides is 3. The number of rotatable bonds is 0. The third kappa shape index (κ3) is 2.17. The summed E-state index contributed by atoms with van der Waals surface area (Å²) >= 11 is 2.65. The zero-order valence-corrected chi connectivity index (χ0v) is 7.08. The summed E-state index contributed by atoms with van der Waals surface area (Å²) in [7, 11) is 0. The Morgan fingerprint density at radius 1 is 1.25 bits per heavy atom. The number of nitrogens with zero attached hydrogens (tertiary/aromatic N) is 1. The minimum Gasteiger partial charge on any atom is -0.236 e. The third-order valence-corrected chi connectivity index (χ3v) is 1.46. The van der Waals surface area contributed by atoms with E-state index in [0.717, 1.165) is 6.07 Å². The van der Waals surface area contributed by atoms with Crippen LogP contribution in [0.15, 0.2) is 16.7 Å². The van der Waals surface area contributed by atoms with Gasteiger partial charge in [0.1, 0.15) is 16.1 Å². The number of halogens is 5. The Kier molecular flexibility index (Phi) is 2.36. The van der Waals surface area contributed by atoms with Gasteiger partial charge in [-0.15, -0.1) is 0 Å². The van der Waals surface area contributed by atoms with Gasteiger partial charge in [0.25, 0.3) is 0 Å². The van der Waals surface area contributed by atoms with Crippen molar-refractivity contribution in [2.24, 2.45) is 0 Å². The van der Waals surface area contributed by atoms with Crippen molar-refractivity contribution in [1.29, 1.82) is 0 Å². The standard InChI is InChI=1S/C6H2BrF4N/c7-5-2-3(8)1-4(12-5)6(9,10)11/h1-2H. The molecule has 1 nitrogen and oxygen atoms in total. The van der Waals surface area contributed by atoms with Gasteiger partial charge in [-0.25, -0.2) is 9.37 Å². The lowest BCUT2D eigenvalue weighted by molar-refractivity contribution is -0.141. The van der Waals surface area contributed by atoms with E-state index in [2.05, 4.69) is 20.9 Å². The van der Waals surface area contributed by atoms with Crippen molar-refractivity contribution in [3.63, 3.8) is 0 Å². The van der Waals surface area contributed by atoms with E-state index >= 15 is 0 Å². The van der Waals surface area contributed by atoms with Crippen molar-refractivity contribution in [3.8, 4) is 0 Å². The Morgan fingerprint density at radius 2 is 1.83 bits per heavy atom. The first-order valence-electron chi connectivity index (χ1n) is 2.80. The average Bonchev–Trinajstić information content (AvgIpc) is 1.82. The summed E-state index contributed by atoms with van der Waals surface area (Å²) in [6, 6.07) is 1.19. The fourth-order valence-corrected chi connectivity index (χ4v) is 1.02.